The smallest absolute Gasteiger partial charge is 0.226 e. The van der Waals surface area contributed by atoms with Crippen LogP contribution >= 0.6 is 0 Å². The molecule has 3 N–H and O–H groups in total. The van der Waals surface area contributed by atoms with Crippen LogP contribution in [0.15, 0.2) is 17.1 Å². The third kappa shape index (κ3) is 3.64. The molecule has 1 atom stereocenters. The van der Waals surface area contributed by atoms with Crippen LogP contribution in [-0.2, 0) is 4.84 Å². The molecule has 0 radical (unpaired) electrons. The van der Waals surface area contributed by atoms with Gasteiger partial charge in [0, 0.05) is 0 Å². The second kappa shape index (κ2) is 5.28. The molecule has 0 aromatic heterocycles. The quantitative estimate of drug-likeness (QED) is 0.321. The van der Waals surface area contributed by atoms with E-state index in [1.165, 1.54) is 0 Å². The summed E-state index contributed by atoms with van der Waals surface area (Å²) in [4.78, 5) is 9.39. The van der Waals surface area contributed by atoms with Gasteiger partial charge in [0.15, 0.2) is 0 Å². The maximum absolute atomic E-state index is 5.26. The van der Waals surface area contributed by atoms with Gasteiger partial charge in [-0.2, -0.15) is 5.90 Å². The molecule has 0 saturated carbocycles. The van der Waals surface area contributed by atoms with Crippen LogP contribution in [0.4, 0.5) is 0 Å². The fourth-order valence-corrected chi connectivity index (χ4v) is 1.81. The van der Waals surface area contributed by atoms with Crippen molar-refractivity contribution in [3.8, 4) is 0 Å². The predicted octanol–water partition coefficient (Wildman–Crippen LogP) is 1.38. The Hall–Kier alpha value is -0.870. The van der Waals surface area contributed by atoms with Crippen molar-refractivity contribution in [2.24, 2.45) is 10.9 Å². The number of nitrogens with two attached hydrogens (primary N) is 1. The Morgan fingerprint density at radius 1 is 1.60 bits per heavy atom. The van der Waals surface area contributed by atoms with Crippen molar-refractivity contribution in [2.75, 3.05) is 6.54 Å². The molecule has 4 heteroatoms. The van der Waals surface area contributed by atoms with Gasteiger partial charge in [0.05, 0.1) is 11.6 Å². The Bertz CT molecular complexity index is 253. The van der Waals surface area contributed by atoms with Gasteiger partial charge in [-0.05, 0) is 40.2 Å². The lowest BCUT2D eigenvalue weighted by molar-refractivity contribution is 0.295. The molecule has 15 heavy (non-hydrogen) atoms. The summed E-state index contributed by atoms with van der Waals surface area (Å²) in [6.45, 7) is 7.05. The van der Waals surface area contributed by atoms with Crippen molar-refractivity contribution in [3.05, 3.63) is 12.2 Å². The van der Waals surface area contributed by atoms with E-state index in [2.05, 4.69) is 10.3 Å². The number of allylic oxidation sites excluding steroid dienone is 1. The molecule has 1 aliphatic rings. The van der Waals surface area contributed by atoms with Crippen LogP contribution in [0.3, 0.4) is 0 Å². The molecular weight excluding hydrogens is 190 g/mol. The molecule has 1 saturated heterocycles. The van der Waals surface area contributed by atoms with Gasteiger partial charge in [-0.25, -0.2) is 4.99 Å². The Balaban J connectivity index is 2.75. The second-order valence-corrected chi connectivity index (χ2v) is 4.37. The lowest BCUT2D eigenvalue weighted by atomic mass is 10.1. The molecule has 0 unspecified atom stereocenters. The van der Waals surface area contributed by atoms with Crippen molar-refractivity contribution in [1.29, 1.82) is 0 Å². The van der Waals surface area contributed by atoms with Crippen molar-refractivity contribution in [3.63, 3.8) is 0 Å². The fraction of sp³-hybridized carbons (Fsp3) is 0.727. The average molecular weight is 211 g/mol. The molecular formula is C11H21N3O. The predicted molar refractivity (Wildman–Crippen MR) is 62.6 cm³/mol. The molecule has 0 aromatic rings. The number of aliphatic imine (C=N–C) groups is 1. The zero-order valence-electron chi connectivity index (χ0n) is 9.79. The standard InChI is InChI=1S/C11H21N3O/c1-4-7-11(2,3)14-10(15-12)9-6-5-8-13-9/h4,7,9,13H,5-6,8,12H2,1-3H3/b7-4-,14-10-/t9-/m0/s1. The zero-order valence-corrected chi connectivity index (χ0v) is 9.79. The van der Waals surface area contributed by atoms with Crippen LogP contribution in [-0.4, -0.2) is 24.0 Å². The zero-order chi connectivity index (χ0) is 11.3. The molecule has 0 aromatic carbocycles. The highest BCUT2D eigenvalue weighted by Crippen LogP contribution is 2.15. The number of rotatable bonds is 3. The molecule has 1 fully saturated rings. The molecule has 0 amide bonds. The number of hydrogen-bond acceptors (Lipinski definition) is 4. The van der Waals surface area contributed by atoms with Gasteiger partial charge in [0.25, 0.3) is 0 Å². The SMILES string of the molecule is C/C=C\C(C)(C)/N=C(\ON)[C@@H]1CCCN1. The summed E-state index contributed by atoms with van der Waals surface area (Å²) in [7, 11) is 0. The van der Waals surface area contributed by atoms with E-state index in [-0.39, 0.29) is 11.6 Å². The summed E-state index contributed by atoms with van der Waals surface area (Å²) in [6.07, 6.45) is 6.21. The van der Waals surface area contributed by atoms with E-state index in [1.54, 1.807) is 0 Å². The summed E-state index contributed by atoms with van der Waals surface area (Å²) < 4.78 is 0. The summed E-state index contributed by atoms with van der Waals surface area (Å²) in [5, 5.41) is 3.31. The molecule has 1 heterocycles. The molecule has 1 rings (SSSR count). The molecule has 0 aliphatic carbocycles. The lowest BCUT2D eigenvalue weighted by Crippen LogP contribution is -2.36. The van der Waals surface area contributed by atoms with Crippen LogP contribution in [0, 0.1) is 0 Å². The first-order chi connectivity index (χ1) is 7.09. The van der Waals surface area contributed by atoms with Gasteiger partial charge in [-0.1, -0.05) is 12.2 Å². The highest BCUT2D eigenvalue weighted by Gasteiger charge is 2.24. The van der Waals surface area contributed by atoms with Gasteiger partial charge in [-0.15, -0.1) is 0 Å². The van der Waals surface area contributed by atoms with E-state index in [4.69, 9.17) is 10.7 Å². The van der Waals surface area contributed by atoms with Crippen LogP contribution in [0.2, 0.25) is 0 Å². The fourth-order valence-electron chi connectivity index (χ4n) is 1.81. The number of nitrogens with one attached hydrogen (secondary N) is 1. The minimum Gasteiger partial charge on any atom is -0.394 e. The van der Waals surface area contributed by atoms with Gasteiger partial charge in [0.2, 0.25) is 5.90 Å². The molecule has 4 nitrogen and oxygen atoms in total. The van der Waals surface area contributed by atoms with Gasteiger partial charge >= 0.3 is 0 Å². The van der Waals surface area contributed by atoms with E-state index < -0.39 is 0 Å². The first-order valence-corrected chi connectivity index (χ1v) is 5.43. The van der Waals surface area contributed by atoms with E-state index >= 15 is 0 Å². The Morgan fingerprint density at radius 3 is 2.80 bits per heavy atom. The first-order valence-electron chi connectivity index (χ1n) is 5.43. The normalized spacial score (nSPS) is 23.7. The maximum Gasteiger partial charge on any atom is 0.226 e. The highest BCUT2D eigenvalue weighted by molar-refractivity contribution is 5.82. The first kappa shape index (κ1) is 12.2. The Morgan fingerprint density at radius 2 is 2.33 bits per heavy atom. The number of hydrogen-bond donors (Lipinski definition) is 2. The number of nitrogens with zero attached hydrogens (tertiary/aromatic N) is 1. The van der Waals surface area contributed by atoms with Crippen molar-refractivity contribution in [1.82, 2.24) is 5.32 Å². The van der Waals surface area contributed by atoms with Gasteiger partial charge < -0.3 is 10.2 Å². The van der Waals surface area contributed by atoms with Crippen LogP contribution in [0.5, 0.6) is 0 Å². The third-order valence-corrected chi connectivity index (χ3v) is 2.45. The Labute approximate surface area is 91.5 Å². The highest BCUT2D eigenvalue weighted by atomic mass is 16.6. The van der Waals surface area contributed by atoms with Crippen molar-refractivity contribution >= 4 is 5.90 Å². The van der Waals surface area contributed by atoms with Crippen LogP contribution in [0.1, 0.15) is 33.6 Å². The van der Waals surface area contributed by atoms with E-state index in [0.717, 1.165) is 19.4 Å². The van der Waals surface area contributed by atoms with E-state index in [1.807, 2.05) is 32.9 Å². The third-order valence-electron chi connectivity index (χ3n) is 2.45. The molecule has 0 spiro atoms. The van der Waals surface area contributed by atoms with Crippen molar-refractivity contribution in [2.45, 2.75) is 45.2 Å². The minimum atomic E-state index is -0.256. The molecule has 0 bridgehead atoms. The summed E-state index contributed by atoms with van der Waals surface area (Å²) in [5.74, 6) is 5.87. The maximum atomic E-state index is 5.26. The van der Waals surface area contributed by atoms with Gasteiger partial charge in [0.1, 0.15) is 0 Å². The second-order valence-electron chi connectivity index (χ2n) is 4.37. The van der Waals surface area contributed by atoms with Crippen LogP contribution < -0.4 is 11.2 Å². The topological polar surface area (TPSA) is 59.6 Å². The summed E-state index contributed by atoms with van der Waals surface area (Å²) in [5.41, 5.74) is -0.256. The van der Waals surface area contributed by atoms with E-state index in [0.29, 0.717) is 5.90 Å². The van der Waals surface area contributed by atoms with Gasteiger partial charge in [-0.3, -0.25) is 0 Å². The lowest BCUT2D eigenvalue weighted by Gasteiger charge is -2.19. The average Bonchev–Trinajstić information content (AvgIpc) is 2.67. The van der Waals surface area contributed by atoms with E-state index in [9.17, 15) is 0 Å². The largest absolute Gasteiger partial charge is 0.394 e. The molecule has 86 valence electrons. The Kier molecular flexibility index (Phi) is 4.29. The summed E-state index contributed by atoms with van der Waals surface area (Å²) in [6, 6.07) is 0.180. The summed E-state index contributed by atoms with van der Waals surface area (Å²) >= 11 is 0. The minimum absolute atomic E-state index is 0.180. The van der Waals surface area contributed by atoms with Crippen molar-refractivity contribution < 1.29 is 4.84 Å². The van der Waals surface area contributed by atoms with Crippen LogP contribution in [0.25, 0.3) is 0 Å². The monoisotopic (exact) mass is 211 g/mol. The molecule has 1 aliphatic heterocycles.